The number of nitrogens with zero attached hydrogens (tertiary/aromatic N) is 2. The Hall–Kier alpha value is -3.48. The Labute approximate surface area is 154 Å². The van der Waals surface area contributed by atoms with Crippen LogP contribution in [0.2, 0.25) is 0 Å². The van der Waals surface area contributed by atoms with Gasteiger partial charge in [0.1, 0.15) is 17.1 Å². The summed E-state index contributed by atoms with van der Waals surface area (Å²) < 4.78 is 14.4. The number of halogens is 1. The largest absolute Gasteiger partial charge is 0.506 e. The highest BCUT2D eigenvalue weighted by atomic mass is 19.1. The highest BCUT2D eigenvalue weighted by Crippen LogP contribution is 2.26. The quantitative estimate of drug-likeness (QED) is 0.537. The van der Waals surface area contributed by atoms with E-state index in [1.54, 1.807) is 24.3 Å². The summed E-state index contributed by atoms with van der Waals surface area (Å²) in [4.78, 5) is 25.2. The number of para-hydroxylation sites is 1. The second kappa shape index (κ2) is 7.82. The van der Waals surface area contributed by atoms with Crippen LogP contribution < -0.4 is 11.0 Å². The molecular formula is C20H18FN3O3. The molecular weight excluding hydrogens is 349 g/mol. The molecule has 1 heterocycles. The average molecular weight is 367 g/mol. The van der Waals surface area contributed by atoms with Gasteiger partial charge in [0, 0.05) is 11.9 Å². The maximum absolute atomic E-state index is 12.9. The minimum Gasteiger partial charge on any atom is -0.506 e. The lowest BCUT2D eigenvalue weighted by Crippen LogP contribution is -2.31. The number of aromatic hydroxyl groups is 1. The summed E-state index contributed by atoms with van der Waals surface area (Å²) in [5.41, 5.74) is 2.43. The van der Waals surface area contributed by atoms with Gasteiger partial charge in [-0.2, -0.15) is 5.10 Å². The van der Waals surface area contributed by atoms with E-state index in [0.717, 1.165) is 0 Å². The molecule has 0 aliphatic carbocycles. The highest BCUT2D eigenvalue weighted by molar-refractivity contribution is 6.02. The minimum absolute atomic E-state index is 0.363. The zero-order valence-electron chi connectivity index (χ0n) is 14.6. The van der Waals surface area contributed by atoms with E-state index in [-0.39, 0.29) is 17.1 Å². The van der Waals surface area contributed by atoms with Gasteiger partial charge < -0.3 is 9.67 Å². The predicted octanol–water partition coefficient (Wildman–Crippen LogP) is 3.02. The molecule has 2 aromatic carbocycles. The van der Waals surface area contributed by atoms with Crippen LogP contribution in [0.25, 0.3) is 10.9 Å². The number of hydrogen-bond donors (Lipinski definition) is 2. The van der Waals surface area contributed by atoms with Crippen LogP contribution in [0, 0.1) is 5.82 Å². The maximum atomic E-state index is 12.9. The molecule has 0 atom stereocenters. The van der Waals surface area contributed by atoms with Gasteiger partial charge in [-0.15, -0.1) is 0 Å². The van der Waals surface area contributed by atoms with Crippen molar-refractivity contribution in [2.45, 2.75) is 19.9 Å². The van der Waals surface area contributed by atoms with Crippen LogP contribution in [0.1, 0.15) is 29.3 Å². The van der Waals surface area contributed by atoms with Crippen molar-refractivity contribution >= 4 is 23.0 Å². The molecule has 0 aliphatic rings. The molecule has 138 valence electrons. The van der Waals surface area contributed by atoms with E-state index >= 15 is 0 Å². The van der Waals surface area contributed by atoms with Gasteiger partial charge in [0.2, 0.25) is 0 Å². The van der Waals surface area contributed by atoms with Gasteiger partial charge in [-0.1, -0.05) is 31.2 Å². The number of pyridine rings is 1. The second-order valence-corrected chi connectivity index (χ2v) is 5.95. The highest BCUT2D eigenvalue weighted by Gasteiger charge is 2.21. The molecule has 27 heavy (non-hydrogen) atoms. The van der Waals surface area contributed by atoms with Crippen LogP contribution >= 0.6 is 0 Å². The number of fused-ring (bicyclic) bond motifs is 1. The van der Waals surface area contributed by atoms with Gasteiger partial charge in [-0.05, 0) is 36.2 Å². The molecule has 0 radical (unpaired) electrons. The first kappa shape index (κ1) is 18.3. The predicted molar refractivity (Wildman–Crippen MR) is 102 cm³/mol. The van der Waals surface area contributed by atoms with E-state index < -0.39 is 11.5 Å². The van der Waals surface area contributed by atoms with Crippen molar-refractivity contribution in [1.82, 2.24) is 9.99 Å². The lowest BCUT2D eigenvalue weighted by atomic mass is 10.1. The normalized spacial score (nSPS) is 11.2. The van der Waals surface area contributed by atoms with Crippen molar-refractivity contribution < 1.29 is 14.3 Å². The topological polar surface area (TPSA) is 83.7 Å². The molecule has 0 aliphatic heterocycles. The summed E-state index contributed by atoms with van der Waals surface area (Å²) in [5, 5.41) is 14.7. The fraction of sp³-hybridized carbons (Fsp3) is 0.150. The van der Waals surface area contributed by atoms with Gasteiger partial charge in [0.15, 0.2) is 0 Å². The number of nitrogens with one attached hydrogen (secondary N) is 1. The van der Waals surface area contributed by atoms with Gasteiger partial charge in [0.25, 0.3) is 11.5 Å². The van der Waals surface area contributed by atoms with E-state index in [1.165, 1.54) is 35.0 Å². The van der Waals surface area contributed by atoms with Crippen molar-refractivity contribution in [3.63, 3.8) is 0 Å². The van der Waals surface area contributed by atoms with Crippen molar-refractivity contribution in [3.8, 4) is 5.75 Å². The molecule has 3 aromatic rings. The number of amides is 1. The third kappa shape index (κ3) is 3.72. The molecule has 0 fully saturated rings. The number of benzene rings is 2. The first-order valence-corrected chi connectivity index (χ1v) is 8.46. The Morgan fingerprint density at radius 2 is 1.93 bits per heavy atom. The number of carbonyl (C=O) groups excluding carboxylic acids is 1. The van der Waals surface area contributed by atoms with E-state index in [4.69, 9.17) is 0 Å². The molecule has 2 N–H and O–H groups in total. The zero-order chi connectivity index (χ0) is 19.4. The second-order valence-electron chi connectivity index (χ2n) is 5.95. The van der Waals surface area contributed by atoms with Gasteiger partial charge in [-0.25, -0.2) is 9.82 Å². The van der Waals surface area contributed by atoms with Crippen LogP contribution in [0.15, 0.2) is 58.4 Å². The average Bonchev–Trinajstić information content (AvgIpc) is 2.67. The number of rotatable bonds is 5. The third-order valence-corrected chi connectivity index (χ3v) is 4.07. The number of aromatic nitrogens is 1. The number of hydrogen-bond acceptors (Lipinski definition) is 4. The summed E-state index contributed by atoms with van der Waals surface area (Å²) in [5.74, 6) is -1.57. The monoisotopic (exact) mass is 367 g/mol. The van der Waals surface area contributed by atoms with E-state index in [9.17, 15) is 19.1 Å². The Bertz CT molecular complexity index is 1070. The third-order valence-electron chi connectivity index (χ3n) is 4.07. The molecule has 1 amide bonds. The first-order chi connectivity index (χ1) is 13.0. The Kier molecular flexibility index (Phi) is 5.30. The molecule has 0 bridgehead atoms. The molecule has 0 saturated carbocycles. The standard InChI is InChI=1S/C20H18FN3O3/c1-2-11-24-16-6-4-3-5-15(16)18(25)17(20(24)27)19(26)23-22-12-13-7-9-14(21)10-8-13/h3-10,12,25H,2,11H2,1H3,(H,23,26). The van der Waals surface area contributed by atoms with E-state index in [0.29, 0.717) is 29.4 Å². The summed E-state index contributed by atoms with van der Waals surface area (Å²) in [7, 11) is 0. The Morgan fingerprint density at radius 3 is 2.63 bits per heavy atom. The molecule has 1 aromatic heterocycles. The van der Waals surface area contributed by atoms with Crippen LogP contribution in [0.3, 0.4) is 0 Å². The van der Waals surface area contributed by atoms with Crippen molar-refractivity contribution in [2.75, 3.05) is 0 Å². The zero-order valence-corrected chi connectivity index (χ0v) is 14.6. The summed E-state index contributed by atoms with van der Waals surface area (Å²) >= 11 is 0. The van der Waals surface area contributed by atoms with E-state index in [1.807, 2.05) is 6.92 Å². The fourth-order valence-electron chi connectivity index (χ4n) is 2.81. The van der Waals surface area contributed by atoms with Crippen molar-refractivity contribution in [2.24, 2.45) is 5.10 Å². The summed E-state index contributed by atoms with van der Waals surface area (Å²) in [6.07, 6.45) is 2.01. The van der Waals surface area contributed by atoms with Crippen LogP contribution in [0.5, 0.6) is 5.75 Å². The van der Waals surface area contributed by atoms with Gasteiger partial charge in [-0.3, -0.25) is 9.59 Å². The minimum atomic E-state index is -0.813. The van der Waals surface area contributed by atoms with Crippen molar-refractivity contribution in [1.29, 1.82) is 0 Å². The van der Waals surface area contributed by atoms with Crippen LogP contribution in [0.4, 0.5) is 4.39 Å². The number of carbonyl (C=O) groups is 1. The fourth-order valence-corrected chi connectivity index (χ4v) is 2.81. The molecule has 7 heteroatoms. The van der Waals surface area contributed by atoms with Gasteiger partial charge >= 0.3 is 0 Å². The summed E-state index contributed by atoms with van der Waals surface area (Å²) in [6, 6.07) is 12.4. The van der Waals surface area contributed by atoms with Gasteiger partial charge in [0.05, 0.1) is 11.7 Å². The lowest BCUT2D eigenvalue weighted by Gasteiger charge is -2.13. The maximum Gasteiger partial charge on any atom is 0.280 e. The number of hydrazone groups is 1. The molecule has 0 saturated heterocycles. The summed E-state index contributed by atoms with van der Waals surface area (Å²) in [6.45, 7) is 2.33. The van der Waals surface area contributed by atoms with E-state index in [2.05, 4.69) is 10.5 Å². The molecule has 3 rings (SSSR count). The van der Waals surface area contributed by atoms with Crippen molar-refractivity contribution in [3.05, 3.63) is 75.8 Å². The number of aryl methyl sites for hydroxylation is 1. The molecule has 6 nitrogen and oxygen atoms in total. The molecule has 0 unspecified atom stereocenters. The SMILES string of the molecule is CCCn1c(=O)c(C(=O)NN=Cc2ccc(F)cc2)c(O)c2ccccc21. The Balaban J connectivity index is 1.96. The van der Waals surface area contributed by atoms with Crippen LogP contribution in [-0.4, -0.2) is 21.8 Å². The molecule has 0 spiro atoms. The smallest absolute Gasteiger partial charge is 0.280 e. The first-order valence-electron chi connectivity index (χ1n) is 8.46. The van der Waals surface area contributed by atoms with Crippen LogP contribution in [-0.2, 0) is 6.54 Å². The lowest BCUT2D eigenvalue weighted by molar-refractivity contribution is 0.0950. The Morgan fingerprint density at radius 1 is 1.22 bits per heavy atom.